The summed E-state index contributed by atoms with van der Waals surface area (Å²) in [7, 11) is 0. The fourth-order valence-electron chi connectivity index (χ4n) is 6.70. The van der Waals surface area contributed by atoms with Crippen molar-refractivity contribution in [3.05, 3.63) is 35.9 Å². The van der Waals surface area contributed by atoms with Crippen LogP contribution < -0.4 is 9.64 Å². The van der Waals surface area contributed by atoms with Gasteiger partial charge in [0.2, 0.25) is 0 Å². The Balaban J connectivity index is 1.45. The zero-order valence-electron chi connectivity index (χ0n) is 27.0. The second kappa shape index (κ2) is 14.3. The van der Waals surface area contributed by atoms with Gasteiger partial charge in [0.25, 0.3) is 11.8 Å². The highest BCUT2D eigenvalue weighted by molar-refractivity contribution is 5.97. The van der Waals surface area contributed by atoms with E-state index in [1.807, 2.05) is 20.8 Å². The average Bonchev–Trinajstić information content (AvgIpc) is 3.41. The van der Waals surface area contributed by atoms with Gasteiger partial charge in [-0.25, -0.2) is 9.37 Å². The van der Waals surface area contributed by atoms with Gasteiger partial charge in [0.1, 0.15) is 17.9 Å². The molecule has 10 nitrogen and oxygen atoms in total. The second-order valence-electron chi connectivity index (χ2n) is 12.8. The summed E-state index contributed by atoms with van der Waals surface area (Å²) < 4.78 is 20.4. The van der Waals surface area contributed by atoms with Crippen LogP contribution >= 0.6 is 0 Å². The van der Waals surface area contributed by atoms with E-state index in [-0.39, 0.29) is 40.7 Å². The van der Waals surface area contributed by atoms with E-state index in [0.29, 0.717) is 30.9 Å². The monoisotopic (exact) mass is 599 g/mol. The lowest BCUT2D eigenvalue weighted by Crippen LogP contribution is -2.62. The first-order valence-electron chi connectivity index (χ1n) is 15.9. The highest BCUT2D eigenvalue weighted by Gasteiger charge is 2.50. The number of benzene rings is 1. The predicted octanol–water partition coefficient (Wildman–Crippen LogP) is 4.30. The van der Waals surface area contributed by atoms with Gasteiger partial charge in [0.15, 0.2) is 5.82 Å². The first-order valence-corrected chi connectivity index (χ1v) is 15.9. The lowest BCUT2D eigenvalue weighted by Gasteiger charge is -2.53. The number of hydrogen-bond acceptors (Lipinski definition) is 9. The molecule has 4 rings (SSSR count). The van der Waals surface area contributed by atoms with Crippen LogP contribution in [0.3, 0.4) is 0 Å². The molecule has 0 unspecified atom stereocenters. The number of likely N-dealkylation sites (N-methyl/N-ethyl adjacent to an activating group) is 1. The zero-order chi connectivity index (χ0) is 31.3. The van der Waals surface area contributed by atoms with Gasteiger partial charge >= 0.3 is 0 Å². The SMILES string of the molecule is CCN(CC)C[C@H](O)C[C@@H](C(C)C)N1CC2(CCN(c3ncnnc3Oc3ccc(F)cc3C(=O)N(CC)C(C)C)C2)C1. The van der Waals surface area contributed by atoms with Crippen molar-refractivity contribution in [2.45, 2.75) is 79.5 Å². The van der Waals surface area contributed by atoms with E-state index >= 15 is 0 Å². The minimum absolute atomic E-state index is 0.0499. The molecule has 238 valence electrons. The van der Waals surface area contributed by atoms with Crippen molar-refractivity contribution in [2.75, 3.05) is 57.3 Å². The fraction of sp³-hybridized carbons (Fsp3) is 0.688. The minimum atomic E-state index is -0.510. The number of likely N-dealkylation sites (tertiary alicyclic amines) is 1. The molecule has 3 heterocycles. The number of nitrogens with zero attached hydrogens (tertiary/aromatic N) is 7. The van der Waals surface area contributed by atoms with E-state index in [1.165, 1.54) is 24.5 Å². The van der Waals surface area contributed by atoms with Gasteiger partial charge < -0.3 is 24.5 Å². The number of ether oxygens (including phenoxy) is 1. The van der Waals surface area contributed by atoms with E-state index in [4.69, 9.17) is 4.74 Å². The summed E-state index contributed by atoms with van der Waals surface area (Å²) in [6.45, 7) is 21.1. The van der Waals surface area contributed by atoms with Crippen LogP contribution in [0.1, 0.15) is 71.7 Å². The first-order chi connectivity index (χ1) is 20.5. The van der Waals surface area contributed by atoms with Crippen LogP contribution in [0.15, 0.2) is 24.5 Å². The maximum Gasteiger partial charge on any atom is 0.282 e. The number of rotatable bonds is 14. The summed E-state index contributed by atoms with van der Waals surface area (Å²) in [5.74, 6) is 0.620. The van der Waals surface area contributed by atoms with Gasteiger partial charge in [0, 0.05) is 56.8 Å². The van der Waals surface area contributed by atoms with Crippen molar-refractivity contribution in [3.63, 3.8) is 0 Å². The lowest BCUT2D eigenvalue weighted by atomic mass is 9.76. The Morgan fingerprint density at radius 2 is 1.84 bits per heavy atom. The Bertz CT molecular complexity index is 1220. The third-order valence-corrected chi connectivity index (χ3v) is 9.11. The zero-order valence-corrected chi connectivity index (χ0v) is 27.0. The van der Waals surface area contributed by atoms with Crippen molar-refractivity contribution in [3.8, 4) is 11.6 Å². The molecule has 43 heavy (non-hydrogen) atoms. The van der Waals surface area contributed by atoms with Gasteiger partial charge in [-0.15, -0.1) is 10.2 Å². The van der Waals surface area contributed by atoms with Gasteiger partial charge in [-0.05, 0) is 70.8 Å². The third-order valence-electron chi connectivity index (χ3n) is 9.11. The quantitative estimate of drug-likeness (QED) is 0.341. The van der Waals surface area contributed by atoms with E-state index < -0.39 is 5.82 Å². The molecular weight excluding hydrogens is 549 g/mol. The maximum absolute atomic E-state index is 14.3. The molecule has 0 aliphatic carbocycles. The van der Waals surface area contributed by atoms with Crippen LogP contribution in [0, 0.1) is 17.2 Å². The molecule has 1 amide bonds. The van der Waals surface area contributed by atoms with E-state index in [1.54, 1.807) is 4.90 Å². The number of amides is 1. The number of carbonyl (C=O) groups is 1. The normalized spacial score (nSPS) is 18.0. The fourth-order valence-corrected chi connectivity index (χ4v) is 6.70. The van der Waals surface area contributed by atoms with Crippen molar-refractivity contribution < 1.29 is 19.0 Å². The number of aliphatic hydroxyl groups is 1. The van der Waals surface area contributed by atoms with Crippen LogP contribution in [0.5, 0.6) is 11.6 Å². The molecule has 0 radical (unpaired) electrons. The minimum Gasteiger partial charge on any atom is -0.434 e. The molecule has 2 atom stereocenters. The maximum atomic E-state index is 14.3. The number of carbonyl (C=O) groups excluding carboxylic acids is 1. The summed E-state index contributed by atoms with van der Waals surface area (Å²) in [4.78, 5) is 26.5. The second-order valence-corrected chi connectivity index (χ2v) is 12.8. The van der Waals surface area contributed by atoms with E-state index in [2.05, 4.69) is 57.6 Å². The van der Waals surface area contributed by atoms with Gasteiger partial charge in [-0.1, -0.05) is 27.7 Å². The molecule has 2 aliphatic heterocycles. The predicted molar refractivity (Wildman–Crippen MR) is 166 cm³/mol. The molecule has 2 saturated heterocycles. The molecule has 1 N–H and O–H groups in total. The highest BCUT2D eigenvalue weighted by atomic mass is 19.1. The standard InChI is InChI=1S/C32H50FN7O3/c1-8-37(9-2)17-25(41)16-27(22(4)5)39-19-32(20-39)13-14-38(18-32)29-30(36-35-21-34-29)43-28-12-11-24(33)15-26(28)31(42)40(10-3)23(6)7/h11-12,15,21-23,25,27,41H,8-10,13-14,16-20H2,1-7H3/t25-,27+/m1/s1. The number of hydrogen-bond donors (Lipinski definition) is 1. The number of aromatic nitrogens is 3. The Kier molecular flexibility index (Phi) is 10.9. The lowest BCUT2D eigenvalue weighted by molar-refractivity contribution is -0.0485. The Hall–Kier alpha value is -2.89. The molecule has 0 saturated carbocycles. The number of halogens is 1. The molecule has 2 aromatic rings. The van der Waals surface area contributed by atoms with Crippen LogP contribution in [-0.2, 0) is 0 Å². The topological polar surface area (TPSA) is 98.2 Å². The Labute approximate surface area is 256 Å². The number of aliphatic hydroxyl groups excluding tert-OH is 1. The highest BCUT2D eigenvalue weighted by Crippen LogP contribution is 2.44. The molecule has 1 spiro atoms. The molecular formula is C32H50FN7O3. The van der Waals surface area contributed by atoms with Gasteiger partial charge in [0.05, 0.1) is 11.7 Å². The van der Waals surface area contributed by atoms with E-state index in [0.717, 1.165) is 52.1 Å². The van der Waals surface area contributed by atoms with Crippen LogP contribution in [-0.4, -0.2) is 111 Å². The Morgan fingerprint density at radius 3 is 2.47 bits per heavy atom. The van der Waals surface area contributed by atoms with Gasteiger partial charge in [-0.3, -0.25) is 9.69 Å². The molecule has 11 heteroatoms. The van der Waals surface area contributed by atoms with Crippen molar-refractivity contribution >= 4 is 11.7 Å². The van der Waals surface area contributed by atoms with Crippen LogP contribution in [0.4, 0.5) is 10.2 Å². The summed E-state index contributed by atoms with van der Waals surface area (Å²) in [6, 6.07) is 4.23. The summed E-state index contributed by atoms with van der Waals surface area (Å²) in [6.07, 6.45) is 2.84. The summed E-state index contributed by atoms with van der Waals surface area (Å²) in [5.41, 5.74) is 0.275. The molecule has 2 fully saturated rings. The summed E-state index contributed by atoms with van der Waals surface area (Å²) >= 11 is 0. The molecule has 1 aromatic carbocycles. The first kappa shape index (κ1) is 33.0. The van der Waals surface area contributed by atoms with Crippen LogP contribution in [0.25, 0.3) is 0 Å². The molecule has 2 aliphatic rings. The van der Waals surface area contributed by atoms with Crippen molar-refractivity contribution in [2.24, 2.45) is 11.3 Å². The molecule has 1 aromatic heterocycles. The smallest absolute Gasteiger partial charge is 0.282 e. The number of anilines is 1. The average molecular weight is 600 g/mol. The molecule has 0 bridgehead atoms. The Morgan fingerprint density at radius 1 is 1.12 bits per heavy atom. The van der Waals surface area contributed by atoms with Crippen molar-refractivity contribution in [1.29, 1.82) is 0 Å². The van der Waals surface area contributed by atoms with Crippen molar-refractivity contribution in [1.82, 2.24) is 29.9 Å². The third kappa shape index (κ3) is 7.61. The van der Waals surface area contributed by atoms with E-state index in [9.17, 15) is 14.3 Å². The largest absolute Gasteiger partial charge is 0.434 e. The van der Waals surface area contributed by atoms with Crippen LogP contribution in [0.2, 0.25) is 0 Å². The van der Waals surface area contributed by atoms with Gasteiger partial charge in [-0.2, -0.15) is 0 Å². The summed E-state index contributed by atoms with van der Waals surface area (Å²) in [5, 5.41) is 19.0.